The topological polar surface area (TPSA) is 66.8 Å². The van der Waals surface area contributed by atoms with Gasteiger partial charge in [0.25, 0.3) is 0 Å². The lowest BCUT2D eigenvalue weighted by molar-refractivity contribution is -0.141. The third kappa shape index (κ3) is 3.54. The molecule has 1 aliphatic rings. The number of hydrogen-bond acceptors (Lipinski definition) is 4. The summed E-state index contributed by atoms with van der Waals surface area (Å²) < 4.78 is 23.2. The summed E-state index contributed by atoms with van der Waals surface area (Å²) in [6.07, 6.45) is 1.85. The molecule has 5 heteroatoms. The summed E-state index contributed by atoms with van der Waals surface area (Å²) >= 11 is 0. The summed E-state index contributed by atoms with van der Waals surface area (Å²) in [7, 11) is -0.937. The van der Waals surface area contributed by atoms with Crippen molar-refractivity contribution in [3.05, 3.63) is 0 Å². The van der Waals surface area contributed by atoms with Gasteiger partial charge in [-0.3, -0.25) is 13.9 Å². The molecule has 0 atom stereocenters. The predicted octanol–water partition coefficient (Wildman–Crippen LogP) is 1.71. The van der Waals surface area contributed by atoms with Crippen molar-refractivity contribution in [1.29, 1.82) is 0 Å². The fourth-order valence-electron chi connectivity index (χ4n) is 1.48. The Kier molecular flexibility index (Phi) is 3.58. The molecule has 1 aliphatic heterocycles. The number of ether oxygens (including phenoxy) is 1. The highest BCUT2D eigenvalue weighted by Crippen LogP contribution is 2.46. The minimum absolute atomic E-state index is 0.205. The van der Waals surface area contributed by atoms with Gasteiger partial charge in [-0.05, 0) is 18.8 Å². The van der Waals surface area contributed by atoms with E-state index in [1.807, 2.05) is 0 Å². The van der Waals surface area contributed by atoms with E-state index in [0.29, 0.717) is 17.9 Å². The van der Waals surface area contributed by atoms with Gasteiger partial charge in [0, 0.05) is 17.9 Å². The van der Waals surface area contributed by atoms with Gasteiger partial charge in [0.15, 0.2) is 0 Å². The molecule has 13 heavy (non-hydrogen) atoms. The number of carbonyl (C=O) groups is 1. The highest BCUT2D eigenvalue weighted by molar-refractivity contribution is 8.24. The van der Waals surface area contributed by atoms with Crippen LogP contribution in [-0.4, -0.2) is 33.7 Å². The largest absolute Gasteiger partial charge is 0.469 e. The number of hydrogen-bond donors (Lipinski definition) is 2. The number of methoxy groups -OCH3 is 1. The van der Waals surface area contributed by atoms with Gasteiger partial charge < -0.3 is 4.74 Å². The van der Waals surface area contributed by atoms with E-state index in [9.17, 15) is 13.9 Å². The molecule has 4 nitrogen and oxygen atoms in total. The van der Waals surface area contributed by atoms with Gasteiger partial charge in [0.2, 0.25) is 0 Å². The summed E-state index contributed by atoms with van der Waals surface area (Å²) in [4.78, 5) is 10.9. The second-order valence-corrected chi connectivity index (χ2v) is 5.85. The van der Waals surface area contributed by atoms with Gasteiger partial charge in [-0.2, -0.15) is 10.6 Å². The van der Waals surface area contributed by atoms with Crippen molar-refractivity contribution in [2.75, 3.05) is 18.6 Å². The molecule has 0 aliphatic carbocycles. The minimum atomic E-state index is -2.31. The predicted molar refractivity (Wildman–Crippen MR) is 51.9 cm³/mol. The van der Waals surface area contributed by atoms with E-state index in [4.69, 9.17) is 0 Å². The van der Waals surface area contributed by atoms with Crippen molar-refractivity contribution in [3.8, 4) is 0 Å². The Balaban J connectivity index is 2.29. The molecule has 0 radical (unpaired) electrons. The van der Waals surface area contributed by atoms with Crippen molar-refractivity contribution in [2.45, 2.75) is 19.3 Å². The first kappa shape index (κ1) is 10.8. The maximum atomic E-state index is 10.9. The molecule has 1 saturated heterocycles. The van der Waals surface area contributed by atoms with Crippen LogP contribution in [0.2, 0.25) is 0 Å². The van der Waals surface area contributed by atoms with E-state index in [0.717, 1.165) is 12.8 Å². The van der Waals surface area contributed by atoms with E-state index < -0.39 is 10.6 Å². The Morgan fingerprint density at radius 3 is 2.46 bits per heavy atom. The highest BCUT2D eigenvalue weighted by Gasteiger charge is 2.25. The zero-order valence-electron chi connectivity index (χ0n) is 7.73. The fourth-order valence-corrected chi connectivity index (χ4v) is 3.11. The first-order chi connectivity index (χ1) is 6.03. The van der Waals surface area contributed by atoms with Gasteiger partial charge in [0.05, 0.1) is 7.11 Å². The van der Waals surface area contributed by atoms with E-state index in [-0.39, 0.29) is 11.9 Å². The summed E-state index contributed by atoms with van der Waals surface area (Å²) in [5.74, 6) is 0.944. The number of rotatable bonds is 2. The second kappa shape index (κ2) is 4.30. The molecule has 0 saturated carbocycles. The second-order valence-electron chi connectivity index (χ2n) is 3.43. The minimum Gasteiger partial charge on any atom is -0.469 e. The third-order valence-corrected chi connectivity index (χ3v) is 4.17. The van der Waals surface area contributed by atoms with Crippen LogP contribution >= 0.6 is 10.6 Å². The molecule has 1 fully saturated rings. The maximum Gasteiger partial charge on any atom is 0.305 e. The standard InChI is InChI=1S/C8H16O4S/c1-12-8(9)6-7-2-4-13(10,11)5-3-7/h7,10-11H,2-6H2,1H3. The fraction of sp³-hybridized carbons (Fsp3) is 0.875. The summed E-state index contributed by atoms with van der Waals surface area (Å²) in [5.41, 5.74) is 0. The molecule has 0 aromatic heterocycles. The lowest BCUT2D eigenvalue weighted by Gasteiger charge is -2.38. The SMILES string of the molecule is COC(=O)CC1CCS(O)(O)CC1. The van der Waals surface area contributed by atoms with Gasteiger partial charge >= 0.3 is 5.97 Å². The van der Waals surface area contributed by atoms with Crippen LogP contribution in [0.4, 0.5) is 0 Å². The van der Waals surface area contributed by atoms with E-state index in [2.05, 4.69) is 4.74 Å². The molecule has 1 heterocycles. The van der Waals surface area contributed by atoms with Crippen molar-refractivity contribution < 1.29 is 18.6 Å². The van der Waals surface area contributed by atoms with Crippen molar-refractivity contribution >= 4 is 16.6 Å². The lowest BCUT2D eigenvalue weighted by Crippen LogP contribution is -2.22. The zero-order valence-corrected chi connectivity index (χ0v) is 8.55. The summed E-state index contributed by atoms with van der Waals surface area (Å²) in [6.45, 7) is 0. The normalized spacial score (nSPS) is 25.2. The first-order valence-electron chi connectivity index (χ1n) is 4.34. The Hall–Kier alpha value is -0.260. The smallest absolute Gasteiger partial charge is 0.305 e. The average molecular weight is 208 g/mol. The molecule has 1 rings (SSSR count). The van der Waals surface area contributed by atoms with Crippen LogP contribution in [0.3, 0.4) is 0 Å². The molecular weight excluding hydrogens is 192 g/mol. The van der Waals surface area contributed by atoms with Gasteiger partial charge in [-0.1, -0.05) is 0 Å². The number of carbonyl (C=O) groups excluding carboxylic acids is 1. The Morgan fingerprint density at radius 2 is 2.00 bits per heavy atom. The van der Waals surface area contributed by atoms with Crippen LogP contribution in [0.1, 0.15) is 19.3 Å². The highest BCUT2D eigenvalue weighted by atomic mass is 32.3. The molecule has 78 valence electrons. The molecule has 0 spiro atoms. The van der Waals surface area contributed by atoms with Crippen molar-refractivity contribution in [2.24, 2.45) is 5.92 Å². The maximum absolute atomic E-state index is 10.9. The molecular formula is C8H16O4S. The Labute approximate surface area is 79.6 Å². The van der Waals surface area contributed by atoms with Gasteiger partial charge in [0.1, 0.15) is 0 Å². The van der Waals surface area contributed by atoms with Crippen LogP contribution in [0, 0.1) is 5.92 Å². The molecule has 0 bridgehead atoms. The molecule has 0 amide bonds. The van der Waals surface area contributed by atoms with Crippen molar-refractivity contribution in [3.63, 3.8) is 0 Å². The van der Waals surface area contributed by atoms with Crippen LogP contribution < -0.4 is 0 Å². The van der Waals surface area contributed by atoms with E-state index >= 15 is 0 Å². The van der Waals surface area contributed by atoms with Gasteiger partial charge in [-0.15, -0.1) is 0 Å². The quantitative estimate of drug-likeness (QED) is 0.678. The molecule has 2 N–H and O–H groups in total. The Morgan fingerprint density at radius 1 is 1.46 bits per heavy atom. The van der Waals surface area contributed by atoms with Crippen LogP contribution in [0.25, 0.3) is 0 Å². The molecule has 0 aromatic rings. The monoisotopic (exact) mass is 208 g/mol. The lowest BCUT2D eigenvalue weighted by atomic mass is 9.99. The van der Waals surface area contributed by atoms with Crippen molar-refractivity contribution in [1.82, 2.24) is 0 Å². The van der Waals surface area contributed by atoms with E-state index in [1.54, 1.807) is 0 Å². The van der Waals surface area contributed by atoms with E-state index in [1.165, 1.54) is 7.11 Å². The Bertz CT molecular complexity index is 183. The molecule has 0 unspecified atom stereocenters. The first-order valence-corrected chi connectivity index (χ1v) is 6.22. The third-order valence-electron chi connectivity index (χ3n) is 2.39. The van der Waals surface area contributed by atoms with Crippen LogP contribution in [0.5, 0.6) is 0 Å². The molecule has 0 aromatic carbocycles. The van der Waals surface area contributed by atoms with Gasteiger partial charge in [-0.25, -0.2) is 0 Å². The average Bonchev–Trinajstić information content (AvgIpc) is 2.08. The number of esters is 1. The summed E-state index contributed by atoms with van der Waals surface area (Å²) in [6, 6.07) is 0. The van der Waals surface area contributed by atoms with Crippen LogP contribution in [-0.2, 0) is 9.53 Å². The van der Waals surface area contributed by atoms with Crippen LogP contribution in [0.15, 0.2) is 0 Å². The zero-order chi connectivity index (χ0) is 9.90. The summed E-state index contributed by atoms with van der Waals surface area (Å²) in [5, 5.41) is 0.